The standard InChI is InChI=1S/C28H25ClFNO3/c1-16-10-19(24-9-7-22(30)15-31-24)11-17(2)26(16)27-25(33)14-20(28(27)34)13-23(32)8-6-18-4-3-5-21(29)12-18/h3-5,7,9-12,15,20,27H,6,8,13-14H2,1-2H3. The number of aryl methyl sites for hydroxylation is 3. The fourth-order valence-corrected chi connectivity index (χ4v) is 5.02. The maximum absolute atomic E-state index is 13.2. The lowest BCUT2D eigenvalue weighted by Crippen LogP contribution is -2.19. The lowest BCUT2D eigenvalue weighted by molar-refractivity contribution is -0.127. The number of pyridine rings is 1. The van der Waals surface area contributed by atoms with Crippen LogP contribution in [0.4, 0.5) is 4.39 Å². The Balaban J connectivity index is 1.48. The first kappa shape index (κ1) is 24.0. The molecule has 2 atom stereocenters. The van der Waals surface area contributed by atoms with Crippen LogP contribution in [0.15, 0.2) is 54.7 Å². The summed E-state index contributed by atoms with van der Waals surface area (Å²) in [6, 6.07) is 14.0. The van der Waals surface area contributed by atoms with E-state index >= 15 is 0 Å². The lowest BCUT2D eigenvalue weighted by Gasteiger charge is -2.17. The van der Waals surface area contributed by atoms with Gasteiger partial charge in [0, 0.05) is 35.8 Å². The fourth-order valence-electron chi connectivity index (χ4n) is 4.81. The van der Waals surface area contributed by atoms with Gasteiger partial charge in [-0.05, 0) is 78.9 Å². The molecule has 0 radical (unpaired) electrons. The number of carbonyl (C=O) groups excluding carboxylic acids is 3. The van der Waals surface area contributed by atoms with Crippen LogP contribution in [0.2, 0.25) is 5.02 Å². The molecule has 4 rings (SSSR count). The molecule has 0 N–H and O–H groups in total. The maximum Gasteiger partial charge on any atom is 0.151 e. The summed E-state index contributed by atoms with van der Waals surface area (Å²) in [7, 11) is 0. The highest BCUT2D eigenvalue weighted by Gasteiger charge is 2.43. The second kappa shape index (κ2) is 9.98. The molecule has 1 saturated carbocycles. The van der Waals surface area contributed by atoms with Crippen molar-refractivity contribution in [3.8, 4) is 11.3 Å². The topological polar surface area (TPSA) is 64.1 Å². The summed E-state index contributed by atoms with van der Waals surface area (Å²) in [5.74, 6) is -2.19. The molecule has 6 heteroatoms. The zero-order valence-electron chi connectivity index (χ0n) is 19.1. The molecule has 2 unspecified atom stereocenters. The zero-order valence-corrected chi connectivity index (χ0v) is 19.9. The second-order valence-corrected chi connectivity index (χ2v) is 9.40. The van der Waals surface area contributed by atoms with Gasteiger partial charge in [0.25, 0.3) is 0 Å². The van der Waals surface area contributed by atoms with Gasteiger partial charge in [-0.2, -0.15) is 0 Å². The molecule has 1 fully saturated rings. The van der Waals surface area contributed by atoms with Crippen molar-refractivity contribution in [1.82, 2.24) is 4.98 Å². The number of benzene rings is 2. The van der Waals surface area contributed by atoms with Crippen LogP contribution in [0, 0.1) is 25.6 Å². The Kier molecular flexibility index (Phi) is 7.03. The van der Waals surface area contributed by atoms with E-state index in [1.165, 1.54) is 6.07 Å². The number of halogens is 2. The van der Waals surface area contributed by atoms with E-state index in [2.05, 4.69) is 4.98 Å². The van der Waals surface area contributed by atoms with E-state index < -0.39 is 17.7 Å². The second-order valence-electron chi connectivity index (χ2n) is 8.96. The number of Topliss-reactive ketones (excluding diaryl/α,β-unsaturated/α-hetero) is 3. The molecule has 4 nitrogen and oxygen atoms in total. The van der Waals surface area contributed by atoms with Crippen molar-refractivity contribution in [3.05, 3.63) is 87.8 Å². The Morgan fingerprint density at radius 3 is 2.47 bits per heavy atom. The Morgan fingerprint density at radius 2 is 1.82 bits per heavy atom. The van der Waals surface area contributed by atoms with E-state index in [0.29, 0.717) is 29.1 Å². The third kappa shape index (κ3) is 5.15. The SMILES string of the molecule is Cc1cc(-c2ccc(F)cn2)cc(C)c1C1C(=O)CC(CC(=O)CCc2cccc(Cl)c2)C1=O. The third-order valence-corrected chi connectivity index (χ3v) is 6.65. The molecule has 174 valence electrons. The van der Waals surface area contributed by atoms with Crippen LogP contribution in [0.3, 0.4) is 0 Å². The molecule has 1 aliphatic carbocycles. The summed E-state index contributed by atoms with van der Waals surface area (Å²) in [5.41, 5.74) is 4.70. The Hall–Kier alpha value is -3.18. The molecular formula is C28H25ClFNO3. The van der Waals surface area contributed by atoms with Gasteiger partial charge in [0.2, 0.25) is 0 Å². The largest absolute Gasteiger partial charge is 0.300 e. The molecule has 1 heterocycles. The molecule has 0 aliphatic heterocycles. The Labute approximate surface area is 203 Å². The van der Waals surface area contributed by atoms with E-state index in [-0.39, 0.29) is 30.2 Å². The Bertz CT molecular complexity index is 1250. The third-order valence-electron chi connectivity index (χ3n) is 6.42. The van der Waals surface area contributed by atoms with Crippen LogP contribution in [0.5, 0.6) is 0 Å². The average Bonchev–Trinajstić information content (AvgIpc) is 3.05. The van der Waals surface area contributed by atoms with Crippen LogP contribution >= 0.6 is 11.6 Å². The molecule has 1 aromatic heterocycles. The van der Waals surface area contributed by atoms with Gasteiger partial charge in [-0.1, -0.05) is 23.7 Å². The lowest BCUT2D eigenvalue weighted by atomic mass is 9.85. The number of rotatable bonds is 7. The van der Waals surface area contributed by atoms with E-state index in [0.717, 1.165) is 28.5 Å². The summed E-state index contributed by atoms with van der Waals surface area (Å²) in [6.07, 6.45) is 2.19. The van der Waals surface area contributed by atoms with Crippen molar-refractivity contribution in [2.75, 3.05) is 0 Å². The van der Waals surface area contributed by atoms with Gasteiger partial charge in [0.1, 0.15) is 23.3 Å². The predicted molar refractivity (Wildman–Crippen MR) is 129 cm³/mol. The van der Waals surface area contributed by atoms with Gasteiger partial charge in [0.05, 0.1) is 11.9 Å². The summed E-state index contributed by atoms with van der Waals surface area (Å²) in [4.78, 5) is 42.8. The summed E-state index contributed by atoms with van der Waals surface area (Å²) in [5, 5.41) is 0.622. The van der Waals surface area contributed by atoms with Gasteiger partial charge in [-0.25, -0.2) is 4.39 Å². The molecule has 1 aliphatic rings. The van der Waals surface area contributed by atoms with Crippen molar-refractivity contribution in [1.29, 1.82) is 0 Å². The molecule has 0 spiro atoms. The molecular weight excluding hydrogens is 453 g/mol. The van der Waals surface area contributed by atoms with E-state index in [1.807, 2.05) is 44.2 Å². The van der Waals surface area contributed by atoms with E-state index in [9.17, 15) is 18.8 Å². The average molecular weight is 478 g/mol. The smallest absolute Gasteiger partial charge is 0.151 e. The van der Waals surface area contributed by atoms with Crippen molar-refractivity contribution in [2.24, 2.45) is 5.92 Å². The zero-order chi connectivity index (χ0) is 24.4. The highest BCUT2D eigenvalue weighted by atomic mass is 35.5. The van der Waals surface area contributed by atoms with Gasteiger partial charge < -0.3 is 0 Å². The normalized spacial score (nSPS) is 17.9. The number of ketones is 3. The molecule has 0 saturated heterocycles. The number of aromatic nitrogens is 1. The highest BCUT2D eigenvalue weighted by Crippen LogP contribution is 2.38. The van der Waals surface area contributed by atoms with E-state index in [1.54, 1.807) is 12.1 Å². The van der Waals surface area contributed by atoms with Gasteiger partial charge >= 0.3 is 0 Å². The molecule has 0 bridgehead atoms. The number of carbonyl (C=O) groups is 3. The van der Waals surface area contributed by atoms with E-state index in [4.69, 9.17) is 11.6 Å². The van der Waals surface area contributed by atoms with Gasteiger partial charge in [-0.15, -0.1) is 0 Å². The summed E-state index contributed by atoms with van der Waals surface area (Å²) in [6.45, 7) is 3.72. The van der Waals surface area contributed by atoms with Crippen molar-refractivity contribution >= 4 is 29.0 Å². The first-order valence-electron chi connectivity index (χ1n) is 11.3. The number of hydrogen-bond acceptors (Lipinski definition) is 4. The number of hydrogen-bond donors (Lipinski definition) is 0. The van der Waals surface area contributed by atoms with Crippen LogP contribution in [0.25, 0.3) is 11.3 Å². The maximum atomic E-state index is 13.2. The predicted octanol–water partition coefficient (Wildman–Crippen LogP) is 5.99. The number of nitrogens with zero attached hydrogens (tertiary/aromatic N) is 1. The van der Waals surface area contributed by atoms with Crippen molar-refractivity contribution < 1.29 is 18.8 Å². The van der Waals surface area contributed by atoms with Gasteiger partial charge in [-0.3, -0.25) is 19.4 Å². The summed E-state index contributed by atoms with van der Waals surface area (Å²) >= 11 is 6.00. The van der Waals surface area contributed by atoms with Crippen LogP contribution < -0.4 is 0 Å². The highest BCUT2D eigenvalue weighted by molar-refractivity contribution is 6.30. The fraction of sp³-hybridized carbons (Fsp3) is 0.286. The minimum Gasteiger partial charge on any atom is -0.300 e. The molecule has 34 heavy (non-hydrogen) atoms. The molecule has 2 aromatic carbocycles. The molecule has 3 aromatic rings. The van der Waals surface area contributed by atoms with Gasteiger partial charge in [0.15, 0.2) is 5.78 Å². The Morgan fingerprint density at radius 1 is 1.09 bits per heavy atom. The first-order valence-corrected chi connectivity index (χ1v) is 11.7. The minimum absolute atomic E-state index is 0.0297. The van der Waals surface area contributed by atoms with Crippen LogP contribution in [0.1, 0.15) is 47.4 Å². The van der Waals surface area contributed by atoms with Crippen LogP contribution in [-0.4, -0.2) is 22.3 Å². The summed E-state index contributed by atoms with van der Waals surface area (Å²) < 4.78 is 13.2. The van der Waals surface area contributed by atoms with Crippen molar-refractivity contribution in [3.63, 3.8) is 0 Å². The molecule has 0 amide bonds. The minimum atomic E-state index is -0.846. The monoisotopic (exact) mass is 477 g/mol. The van der Waals surface area contributed by atoms with Crippen molar-refractivity contribution in [2.45, 2.75) is 45.4 Å². The quantitative estimate of drug-likeness (QED) is 0.392. The van der Waals surface area contributed by atoms with Crippen LogP contribution in [-0.2, 0) is 20.8 Å². The first-order chi connectivity index (χ1) is 16.2.